The van der Waals surface area contributed by atoms with Crippen LogP contribution >= 0.6 is 0 Å². The van der Waals surface area contributed by atoms with Crippen LogP contribution in [0.1, 0.15) is 39.3 Å². The molecule has 0 saturated heterocycles. The molecule has 1 aliphatic carbocycles. The minimum atomic E-state index is -0.369. The van der Waals surface area contributed by atoms with Gasteiger partial charge >= 0.3 is 5.97 Å². The predicted octanol–water partition coefficient (Wildman–Crippen LogP) is 3.06. The molecule has 0 saturated carbocycles. The SMILES string of the molecule is COC(=O)Cc1ccccc1NC(=O)c1nc(-c2cccc(CN)c2)nc2c1CCC2. The highest BCUT2D eigenvalue weighted by atomic mass is 16.5. The lowest BCUT2D eigenvalue weighted by Gasteiger charge is -2.13. The van der Waals surface area contributed by atoms with Crippen LogP contribution in [0, 0.1) is 0 Å². The molecule has 7 heteroatoms. The Morgan fingerprint density at radius 3 is 2.74 bits per heavy atom. The van der Waals surface area contributed by atoms with E-state index in [4.69, 9.17) is 15.5 Å². The van der Waals surface area contributed by atoms with E-state index in [9.17, 15) is 9.59 Å². The van der Waals surface area contributed by atoms with E-state index in [2.05, 4.69) is 10.3 Å². The van der Waals surface area contributed by atoms with Gasteiger partial charge in [-0.3, -0.25) is 9.59 Å². The average Bonchev–Trinajstić information content (AvgIpc) is 3.28. The molecule has 0 radical (unpaired) electrons. The van der Waals surface area contributed by atoms with Gasteiger partial charge in [0.15, 0.2) is 5.82 Å². The number of nitrogens with two attached hydrogens (primary N) is 1. The zero-order chi connectivity index (χ0) is 21.8. The van der Waals surface area contributed by atoms with E-state index in [-0.39, 0.29) is 18.3 Å². The fraction of sp³-hybridized carbons (Fsp3) is 0.250. The summed E-state index contributed by atoms with van der Waals surface area (Å²) in [6, 6.07) is 14.9. The van der Waals surface area contributed by atoms with Gasteiger partial charge < -0.3 is 15.8 Å². The first-order valence-corrected chi connectivity index (χ1v) is 10.2. The van der Waals surface area contributed by atoms with Crippen molar-refractivity contribution in [3.05, 3.63) is 76.6 Å². The highest BCUT2D eigenvalue weighted by molar-refractivity contribution is 6.05. The number of nitrogens with zero attached hydrogens (tertiary/aromatic N) is 2. The Morgan fingerprint density at radius 2 is 1.94 bits per heavy atom. The number of aryl methyl sites for hydroxylation is 1. The number of ether oxygens (including phenoxy) is 1. The van der Waals surface area contributed by atoms with Crippen molar-refractivity contribution in [1.82, 2.24) is 9.97 Å². The lowest BCUT2D eigenvalue weighted by Crippen LogP contribution is -2.19. The molecule has 1 heterocycles. The van der Waals surface area contributed by atoms with Gasteiger partial charge in [0.25, 0.3) is 5.91 Å². The highest BCUT2D eigenvalue weighted by Gasteiger charge is 2.24. The van der Waals surface area contributed by atoms with Crippen molar-refractivity contribution in [2.45, 2.75) is 32.2 Å². The third kappa shape index (κ3) is 4.46. The second kappa shape index (κ2) is 9.06. The largest absolute Gasteiger partial charge is 0.469 e. The molecule has 158 valence electrons. The molecule has 7 nitrogen and oxygen atoms in total. The van der Waals surface area contributed by atoms with Gasteiger partial charge in [-0.25, -0.2) is 9.97 Å². The van der Waals surface area contributed by atoms with Gasteiger partial charge in [0.1, 0.15) is 5.69 Å². The van der Waals surface area contributed by atoms with Crippen molar-refractivity contribution in [3.63, 3.8) is 0 Å². The number of hydrogen-bond donors (Lipinski definition) is 2. The number of nitrogens with one attached hydrogen (secondary N) is 1. The standard InChI is InChI=1S/C24H24N4O3/c1-31-21(29)13-16-7-2-3-10-19(16)27-24(30)22-18-9-5-11-20(18)26-23(28-22)17-8-4-6-15(12-17)14-25/h2-4,6-8,10,12H,5,9,11,13-14,25H2,1H3,(H,27,30). The summed E-state index contributed by atoms with van der Waals surface area (Å²) in [5.41, 5.74) is 11.0. The van der Waals surface area contributed by atoms with E-state index in [1.165, 1.54) is 7.11 Å². The molecule has 0 bridgehead atoms. The Kier molecular flexibility index (Phi) is 6.04. The number of amides is 1. The first kappa shape index (κ1) is 20.7. The second-order valence-electron chi connectivity index (χ2n) is 7.44. The summed E-state index contributed by atoms with van der Waals surface area (Å²) < 4.78 is 4.76. The van der Waals surface area contributed by atoms with Gasteiger partial charge in [-0.05, 0) is 42.5 Å². The van der Waals surface area contributed by atoms with E-state index >= 15 is 0 Å². The number of aromatic nitrogens is 2. The van der Waals surface area contributed by atoms with Crippen LogP contribution in [0.25, 0.3) is 11.4 Å². The van der Waals surface area contributed by atoms with Crippen LogP contribution in [0.5, 0.6) is 0 Å². The van der Waals surface area contributed by atoms with Crippen LogP contribution < -0.4 is 11.1 Å². The van der Waals surface area contributed by atoms with E-state index < -0.39 is 0 Å². The molecule has 3 N–H and O–H groups in total. The Labute approximate surface area is 180 Å². The molecular weight excluding hydrogens is 392 g/mol. The number of carbonyl (C=O) groups excluding carboxylic acids is 2. The first-order chi connectivity index (χ1) is 15.1. The number of esters is 1. The monoisotopic (exact) mass is 416 g/mol. The van der Waals surface area contributed by atoms with E-state index in [0.29, 0.717) is 29.3 Å². The van der Waals surface area contributed by atoms with Gasteiger partial charge in [0.2, 0.25) is 0 Å². The molecule has 0 fully saturated rings. The minimum Gasteiger partial charge on any atom is -0.469 e. The molecule has 0 atom stereocenters. The molecular formula is C24H24N4O3. The zero-order valence-electron chi connectivity index (χ0n) is 17.4. The van der Waals surface area contributed by atoms with Gasteiger partial charge in [-0.1, -0.05) is 36.4 Å². The summed E-state index contributed by atoms with van der Waals surface area (Å²) in [4.78, 5) is 34.3. The predicted molar refractivity (Wildman–Crippen MR) is 117 cm³/mol. The fourth-order valence-corrected chi connectivity index (χ4v) is 3.79. The summed E-state index contributed by atoms with van der Waals surface area (Å²) in [7, 11) is 1.34. The van der Waals surface area contributed by atoms with Crippen LogP contribution in [0.3, 0.4) is 0 Å². The van der Waals surface area contributed by atoms with E-state index in [0.717, 1.165) is 41.6 Å². The number of carbonyl (C=O) groups is 2. The Balaban J connectivity index is 1.69. The highest BCUT2D eigenvalue weighted by Crippen LogP contribution is 2.28. The average molecular weight is 416 g/mol. The quantitative estimate of drug-likeness (QED) is 0.598. The molecule has 3 aromatic rings. The van der Waals surface area contributed by atoms with Crippen LogP contribution in [0.2, 0.25) is 0 Å². The third-order valence-electron chi connectivity index (χ3n) is 5.40. The molecule has 2 aromatic carbocycles. The smallest absolute Gasteiger partial charge is 0.310 e. The molecule has 31 heavy (non-hydrogen) atoms. The summed E-state index contributed by atoms with van der Waals surface area (Å²) in [6.45, 7) is 0.420. The van der Waals surface area contributed by atoms with Crippen molar-refractivity contribution in [1.29, 1.82) is 0 Å². The number of benzene rings is 2. The third-order valence-corrected chi connectivity index (χ3v) is 5.40. The fourth-order valence-electron chi connectivity index (χ4n) is 3.79. The van der Waals surface area contributed by atoms with Gasteiger partial charge in [0, 0.05) is 29.1 Å². The van der Waals surface area contributed by atoms with Crippen molar-refractivity contribution < 1.29 is 14.3 Å². The molecule has 0 spiro atoms. The van der Waals surface area contributed by atoms with Crippen molar-refractivity contribution in [3.8, 4) is 11.4 Å². The summed E-state index contributed by atoms with van der Waals surface area (Å²) in [6.07, 6.45) is 2.60. The Morgan fingerprint density at radius 1 is 1.10 bits per heavy atom. The van der Waals surface area contributed by atoms with Gasteiger partial charge in [-0.2, -0.15) is 0 Å². The minimum absolute atomic E-state index is 0.0754. The maximum atomic E-state index is 13.3. The van der Waals surface area contributed by atoms with Crippen molar-refractivity contribution in [2.75, 3.05) is 12.4 Å². The first-order valence-electron chi connectivity index (χ1n) is 10.2. The maximum absolute atomic E-state index is 13.3. The molecule has 4 rings (SSSR count). The second-order valence-corrected chi connectivity index (χ2v) is 7.44. The number of para-hydroxylation sites is 1. The van der Waals surface area contributed by atoms with Crippen LogP contribution in [-0.4, -0.2) is 29.0 Å². The van der Waals surface area contributed by atoms with Crippen molar-refractivity contribution in [2.24, 2.45) is 5.73 Å². The van der Waals surface area contributed by atoms with E-state index in [1.807, 2.05) is 36.4 Å². The number of hydrogen-bond acceptors (Lipinski definition) is 6. The van der Waals surface area contributed by atoms with Crippen molar-refractivity contribution >= 4 is 17.6 Å². The normalized spacial score (nSPS) is 12.3. The van der Waals surface area contributed by atoms with Crippen LogP contribution in [0.15, 0.2) is 48.5 Å². The number of rotatable bonds is 6. The van der Waals surface area contributed by atoms with Gasteiger partial charge in [-0.15, -0.1) is 0 Å². The topological polar surface area (TPSA) is 107 Å². The van der Waals surface area contributed by atoms with E-state index in [1.54, 1.807) is 12.1 Å². The molecule has 1 aromatic heterocycles. The lowest BCUT2D eigenvalue weighted by molar-refractivity contribution is -0.139. The zero-order valence-corrected chi connectivity index (χ0v) is 17.4. The Hall–Kier alpha value is -3.58. The Bertz CT molecular complexity index is 1140. The summed E-state index contributed by atoms with van der Waals surface area (Å²) >= 11 is 0. The van der Waals surface area contributed by atoms with Crippen LogP contribution in [-0.2, 0) is 35.3 Å². The molecule has 1 amide bonds. The molecule has 1 aliphatic rings. The summed E-state index contributed by atoms with van der Waals surface area (Å²) in [5.74, 6) is -0.162. The number of fused-ring (bicyclic) bond motifs is 1. The number of methoxy groups -OCH3 is 1. The lowest BCUT2D eigenvalue weighted by atomic mass is 10.1. The molecule has 0 aliphatic heterocycles. The summed E-state index contributed by atoms with van der Waals surface area (Å²) in [5, 5.41) is 2.93. The van der Waals surface area contributed by atoms with Crippen LogP contribution in [0.4, 0.5) is 5.69 Å². The maximum Gasteiger partial charge on any atom is 0.310 e. The number of anilines is 1. The van der Waals surface area contributed by atoms with Gasteiger partial charge in [0.05, 0.1) is 13.5 Å². The molecule has 0 unspecified atom stereocenters.